The van der Waals surface area contributed by atoms with Crippen LogP contribution in [0.1, 0.15) is 0 Å². The topological polar surface area (TPSA) is 72.3 Å². The maximum absolute atomic E-state index is 13.3. The van der Waals surface area contributed by atoms with Crippen LogP contribution < -0.4 is 11.5 Å². The molecule has 1 aromatic carbocycles. The largest absolute Gasteiger partial charge is 0.397 e. The fraction of sp³-hybridized carbons (Fsp3) is 0.250. The summed E-state index contributed by atoms with van der Waals surface area (Å²) < 4.78 is 13.3. The Hall–Kier alpha value is -0.940. The number of anilines is 2. The lowest BCUT2D eigenvalue weighted by molar-refractivity contribution is 0.322. The molecule has 3 nitrogen and oxygen atoms in total. The molecule has 5 N–H and O–H groups in total. The molecule has 0 aliphatic carbocycles. The fourth-order valence-electron chi connectivity index (χ4n) is 0.855. The summed E-state index contributed by atoms with van der Waals surface area (Å²) in [5, 5.41) is 8.54. The van der Waals surface area contributed by atoms with Gasteiger partial charge in [0.1, 0.15) is 0 Å². The highest BCUT2D eigenvalue weighted by molar-refractivity contribution is 7.99. The second-order valence-corrected chi connectivity index (χ2v) is 3.59. The molecule has 0 heterocycles. The number of rotatable bonds is 3. The first-order valence-electron chi connectivity index (χ1n) is 3.74. The third kappa shape index (κ3) is 2.26. The zero-order chi connectivity index (χ0) is 9.84. The smallest absolute Gasteiger partial charge is 0.161 e. The van der Waals surface area contributed by atoms with Gasteiger partial charge >= 0.3 is 0 Å². The van der Waals surface area contributed by atoms with Crippen LogP contribution in [0.4, 0.5) is 15.8 Å². The van der Waals surface area contributed by atoms with Gasteiger partial charge in [0.15, 0.2) is 5.82 Å². The predicted molar refractivity (Wildman–Crippen MR) is 53.0 cm³/mol. The molecule has 72 valence electrons. The summed E-state index contributed by atoms with van der Waals surface area (Å²) in [5.41, 5.74) is 11.0. The lowest BCUT2D eigenvalue weighted by atomic mass is 10.2. The molecule has 0 fully saturated rings. The maximum atomic E-state index is 13.3. The number of hydrogen-bond acceptors (Lipinski definition) is 4. The van der Waals surface area contributed by atoms with Gasteiger partial charge in [-0.05, 0) is 12.1 Å². The van der Waals surface area contributed by atoms with Crippen LogP contribution in [-0.4, -0.2) is 17.5 Å². The summed E-state index contributed by atoms with van der Waals surface area (Å²) in [6.45, 7) is 0.00832. The number of aliphatic hydroxyl groups excluding tert-OH is 1. The molecule has 0 unspecified atom stereocenters. The molecule has 0 aromatic heterocycles. The third-order valence-electron chi connectivity index (χ3n) is 1.53. The number of nitrogen functional groups attached to an aromatic ring is 2. The van der Waals surface area contributed by atoms with E-state index in [1.54, 1.807) is 12.1 Å². The van der Waals surface area contributed by atoms with Gasteiger partial charge in [-0.1, -0.05) is 0 Å². The van der Waals surface area contributed by atoms with E-state index in [1.807, 2.05) is 0 Å². The first kappa shape index (κ1) is 10.1. The zero-order valence-corrected chi connectivity index (χ0v) is 7.77. The zero-order valence-electron chi connectivity index (χ0n) is 6.96. The normalized spacial score (nSPS) is 10.3. The van der Waals surface area contributed by atoms with Crippen LogP contribution in [0.25, 0.3) is 0 Å². The first-order valence-corrected chi connectivity index (χ1v) is 4.72. The summed E-state index contributed by atoms with van der Waals surface area (Å²) in [4.78, 5) is 0.417. The van der Waals surface area contributed by atoms with Gasteiger partial charge in [-0.25, -0.2) is 4.39 Å². The summed E-state index contributed by atoms with van der Waals surface area (Å²) >= 11 is 1.21. The summed E-state index contributed by atoms with van der Waals surface area (Å²) in [6, 6.07) is 3.11. The van der Waals surface area contributed by atoms with Gasteiger partial charge < -0.3 is 16.6 Å². The van der Waals surface area contributed by atoms with Gasteiger partial charge in [0.2, 0.25) is 0 Å². The van der Waals surface area contributed by atoms with Crippen LogP contribution in [0.5, 0.6) is 0 Å². The molecule has 1 aromatic rings. The molecule has 0 amide bonds. The van der Waals surface area contributed by atoms with E-state index in [1.165, 1.54) is 11.8 Å². The van der Waals surface area contributed by atoms with Gasteiger partial charge in [0, 0.05) is 10.6 Å². The minimum Gasteiger partial charge on any atom is -0.397 e. The molecular weight excluding hydrogens is 191 g/mol. The van der Waals surface area contributed by atoms with E-state index in [0.29, 0.717) is 10.6 Å². The van der Waals surface area contributed by atoms with E-state index >= 15 is 0 Å². The highest BCUT2D eigenvalue weighted by Gasteiger charge is 2.08. The Kier molecular flexibility index (Phi) is 3.39. The van der Waals surface area contributed by atoms with E-state index < -0.39 is 5.82 Å². The summed E-state index contributed by atoms with van der Waals surface area (Å²) in [6.07, 6.45) is 0. The summed E-state index contributed by atoms with van der Waals surface area (Å²) in [5.74, 6) is -0.0567. The Morgan fingerprint density at radius 3 is 2.69 bits per heavy atom. The van der Waals surface area contributed by atoms with E-state index in [0.717, 1.165) is 0 Å². The second-order valence-electron chi connectivity index (χ2n) is 2.45. The van der Waals surface area contributed by atoms with Crippen LogP contribution in [0.15, 0.2) is 17.0 Å². The quantitative estimate of drug-likeness (QED) is 0.506. The van der Waals surface area contributed by atoms with Crippen LogP contribution in [0, 0.1) is 5.82 Å². The van der Waals surface area contributed by atoms with Crippen molar-refractivity contribution in [2.45, 2.75) is 4.90 Å². The van der Waals surface area contributed by atoms with Crippen molar-refractivity contribution in [3.05, 3.63) is 17.9 Å². The molecule has 0 radical (unpaired) electrons. The number of aliphatic hydroxyl groups is 1. The Morgan fingerprint density at radius 1 is 1.38 bits per heavy atom. The van der Waals surface area contributed by atoms with Crippen LogP contribution in [0.2, 0.25) is 0 Å². The molecule has 0 aliphatic rings. The van der Waals surface area contributed by atoms with Crippen molar-refractivity contribution in [2.24, 2.45) is 0 Å². The van der Waals surface area contributed by atoms with Gasteiger partial charge in [-0.3, -0.25) is 0 Å². The molecule has 0 atom stereocenters. The number of hydrogen-bond donors (Lipinski definition) is 3. The third-order valence-corrected chi connectivity index (χ3v) is 2.54. The van der Waals surface area contributed by atoms with E-state index in [2.05, 4.69) is 0 Å². The number of halogens is 1. The van der Waals surface area contributed by atoms with Crippen molar-refractivity contribution in [3.8, 4) is 0 Å². The molecule has 5 heteroatoms. The first-order chi connectivity index (χ1) is 6.16. The molecule has 0 bridgehead atoms. The van der Waals surface area contributed by atoms with Crippen LogP contribution >= 0.6 is 11.8 Å². The average Bonchev–Trinajstić information content (AvgIpc) is 2.13. The molecule has 0 spiro atoms. The Balaban J connectivity index is 2.90. The fourth-order valence-corrected chi connectivity index (χ4v) is 1.57. The monoisotopic (exact) mass is 202 g/mol. The lowest BCUT2D eigenvalue weighted by Gasteiger charge is -2.06. The maximum Gasteiger partial charge on any atom is 0.161 e. The number of thioether (sulfide) groups is 1. The highest BCUT2D eigenvalue weighted by atomic mass is 32.2. The Bertz CT molecular complexity index is 306. The molecule has 0 aliphatic heterocycles. The molecular formula is C8H11FN2OS. The van der Waals surface area contributed by atoms with Crippen molar-refractivity contribution < 1.29 is 9.50 Å². The van der Waals surface area contributed by atoms with Crippen LogP contribution in [-0.2, 0) is 0 Å². The van der Waals surface area contributed by atoms with Gasteiger partial charge in [-0.2, -0.15) is 0 Å². The van der Waals surface area contributed by atoms with Gasteiger partial charge in [0.05, 0.1) is 18.0 Å². The average molecular weight is 202 g/mol. The predicted octanol–water partition coefficient (Wildman–Crippen LogP) is 1.07. The molecule has 13 heavy (non-hydrogen) atoms. The van der Waals surface area contributed by atoms with Crippen molar-refractivity contribution in [1.29, 1.82) is 0 Å². The molecule has 1 rings (SSSR count). The summed E-state index contributed by atoms with van der Waals surface area (Å²) in [7, 11) is 0. The Morgan fingerprint density at radius 2 is 2.08 bits per heavy atom. The highest BCUT2D eigenvalue weighted by Crippen LogP contribution is 2.28. The van der Waals surface area contributed by atoms with Gasteiger partial charge in [0.25, 0.3) is 0 Å². The number of nitrogens with two attached hydrogens (primary N) is 2. The standard InChI is InChI=1S/C8H11FN2OS/c9-7-6(13-4-3-12)2-1-5(10)8(7)11/h1-2,12H,3-4,10-11H2. The van der Waals surface area contributed by atoms with Crippen LogP contribution in [0.3, 0.4) is 0 Å². The second kappa shape index (κ2) is 4.34. The van der Waals surface area contributed by atoms with E-state index in [9.17, 15) is 4.39 Å². The minimum atomic E-state index is -0.501. The van der Waals surface area contributed by atoms with E-state index in [-0.39, 0.29) is 18.0 Å². The van der Waals surface area contributed by atoms with Crippen molar-refractivity contribution in [3.63, 3.8) is 0 Å². The SMILES string of the molecule is Nc1ccc(SCCO)c(F)c1N. The van der Waals surface area contributed by atoms with Crippen molar-refractivity contribution in [2.75, 3.05) is 23.8 Å². The van der Waals surface area contributed by atoms with Crippen molar-refractivity contribution in [1.82, 2.24) is 0 Å². The lowest BCUT2D eigenvalue weighted by Crippen LogP contribution is -1.99. The van der Waals surface area contributed by atoms with E-state index in [4.69, 9.17) is 16.6 Å². The molecule has 0 saturated heterocycles. The van der Waals surface area contributed by atoms with Gasteiger partial charge in [-0.15, -0.1) is 11.8 Å². The van der Waals surface area contributed by atoms with Crippen molar-refractivity contribution >= 4 is 23.1 Å². The molecule has 0 saturated carbocycles. The number of benzene rings is 1. The Labute approximate surface area is 79.9 Å². The minimum absolute atomic E-state index is 0.00832.